The van der Waals surface area contributed by atoms with E-state index >= 15 is 0 Å². The van der Waals surface area contributed by atoms with Gasteiger partial charge in [-0.15, -0.1) is 35.3 Å². The van der Waals surface area contributed by atoms with Gasteiger partial charge >= 0.3 is 0 Å². The van der Waals surface area contributed by atoms with Crippen molar-refractivity contribution in [2.75, 3.05) is 40.3 Å². The Bertz CT molecular complexity index is 791. The lowest BCUT2D eigenvalue weighted by atomic mass is 10.1. The third kappa shape index (κ3) is 7.09. The minimum absolute atomic E-state index is 0. The number of aryl methyl sites for hydroxylation is 1. The predicted molar refractivity (Wildman–Crippen MR) is 137 cm³/mol. The van der Waals surface area contributed by atoms with E-state index in [9.17, 15) is 0 Å². The summed E-state index contributed by atoms with van der Waals surface area (Å²) in [7, 11) is 3.55. The number of hydrogen-bond acceptors (Lipinski definition) is 5. The normalized spacial score (nSPS) is 15.5. The first-order valence-corrected chi connectivity index (χ1v) is 11.4. The van der Waals surface area contributed by atoms with Crippen molar-refractivity contribution in [1.82, 2.24) is 20.5 Å². The third-order valence-electron chi connectivity index (χ3n) is 5.32. The SMILES string of the molecule is CCc1nc(CCNC(=NC)NCC(c2cccc(OC)c2)N2CCCC2)cs1.I. The molecule has 1 saturated heterocycles. The number of thiazole rings is 1. The molecule has 166 valence electrons. The molecular formula is C22H34IN5OS. The van der Waals surface area contributed by atoms with E-state index in [0.717, 1.165) is 56.4 Å². The van der Waals surface area contributed by atoms with Gasteiger partial charge in [0.05, 0.1) is 23.9 Å². The maximum atomic E-state index is 5.44. The molecule has 1 atom stereocenters. The number of methoxy groups -OCH3 is 1. The number of halogens is 1. The molecule has 30 heavy (non-hydrogen) atoms. The number of aromatic nitrogens is 1. The average molecular weight is 544 g/mol. The molecule has 1 aliphatic heterocycles. The predicted octanol–water partition coefficient (Wildman–Crippen LogP) is 3.88. The number of rotatable bonds is 9. The summed E-state index contributed by atoms with van der Waals surface area (Å²) in [6.07, 6.45) is 4.44. The van der Waals surface area contributed by atoms with Crippen LogP contribution in [0.25, 0.3) is 0 Å². The summed E-state index contributed by atoms with van der Waals surface area (Å²) < 4.78 is 5.44. The highest BCUT2D eigenvalue weighted by Crippen LogP contribution is 2.27. The van der Waals surface area contributed by atoms with Crippen molar-refractivity contribution >= 4 is 41.3 Å². The highest BCUT2D eigenvalue weighted by molar-refractivity contribution is 14.0. The van der Waals surface area contributed by atoms with E-state index in [1.165, 1.54) is 23.4 Å². The molecule has 2 heterocycles. The van der Waals surface area contributed by atoms with Crippen LogP contribution in [0.2, 0.25) is 0 Å². The molecule has 1 aliphatic rings. The fraction of sp³-hybridized carbons (Fsp3) is 0.545. The smallest absolute Gasteiger partial charge is 0.191 e. The van der Waals surface area contributed by atoms with Crippen LogP contribution in [0.1, 0.15) is 42.1 Å². The molecule has 0 bridgehead atoms. The van der Waals surface area contributed by atoms with E-state index in [1.54, 1.807) is 18.4 Å². The van der Waals surface area contributed by atoms with Crippen LogP contribution < -0.4 is 15.4 Å². The van der Waals surface area contributed by atoms with Crippen LogP contribution >= 0.6 is 35.3 Å². The minimum atomic E-state index is 0. The van der Waals surface area contributed by atoms with Crippen molar-refractivity contribution in [3.63, 3.8) is 0 Å². The molecule has 0 aliphatic carbocycles. The standard InChI is InChI=1S/C22H33N5OS.HI/c1-4-21-26-18(16-29-21)10-11-24-22(23-2)25-15-20(27-12-5-6-13-27)17-8-7-9-19(14-17)28-3;/h7-9,14,16,20H,4-6,10-13,15H2,1-3H3,(H2,23,24,25);1H. The summed E-state index contributed by atoms with van der Waals surface area (Å²) in [5, 5.41) is 10.3. The Kier molecular flexibility index (Phi) is 10.9. The van der Waals surface area contributed by atoms with Gasteiger partial charge in [0.25, 0.3) is 0 Å². The molecule has 8 heteroatoms. The molecule has 1 aromatic heterocycles. The lowest BCUT2D eigenvalue weighted by Crippen LogP contribution is -2.43. The van der Waals surface area contributed by atoms with Gasteiger partial charge in [0, 0.05) is 31.9 Å². The zero-order valence-corrected chi connectivity index (χ0v) is 21.3. The molecule has 0 amide bonds. The topological polar surface area (TPSA) is 61.8 Å². The molecule has 0 radical (unpaired) electrons. The van der Waals surface area contributed by atoms with E-state index in [1.807, 2.05) is 13.1 Å². The van der Waals surface area contributed by atoms with Crippen molar-refractivity contribution < 1.29 is 4.74 Å². The molecule has 2 N–H and O–H groups in total. The van der Waals surface area contributed by atoms with Gasteiger partial charge in [-0.1, -0.05) is 19.1 Å². The number of guanidine groups is 1. The van der Waals surface area contributed by atoms with Crippen molar-refractivity contribution in [2.24, 2.45) is 4.99 Å². The fourth-order valence-electron chi connectivity index (χ4n) is 3.71. The summed E-state index contributed by atoms with van der Waals surface area (Å²) in [6, 6.07) is 8.71. The van der Waals surface area contributed by atoms with E-state index < -0.39 is 0 Å². The number of nitrogens with zero attached hydrogens (tertiary/aromatic N) is 3. The van der Waals surface area contributed by atoms with Gasteiger partial charge in [-0.05, 0) is 50.0 Å². The average Bonchev–Trinajstić information content (AvgIpc) is 3.45. The van der Waals surface area contributed by atoms with Crippen molar-refractivity contribution in [2.45, 2.75) is 38.6 Å². The molecule has 1 fully saturated rings. The zero-order valence-electron chi connectivity index (χ0n) is 18.2. The lowest BCUT2D eigenvalue weighted by molar-refractivity contribution is 0.245. The van der Waals surface area contributed by atoms with E-state index in [-0.39, 0.29) is 24.0 Å². The Morgan fingerprint density at radius 3 is 2.77 bits per heavy atom. The summed E-state index contributed by atoms with van der Waals surface area (Å²) >= 11 is 1.74. The lowest BCUT2D eigenvalue weighted by Gasteiger charge is -2.29. The van der Waals surface area contributed by atoms with Crippen LogP contribution in [0.5, 0.6) is 5.75 Å². The van der Waals surface area contributed by atoms with E-state index in [0.29, 0.717) is 6.04 Å². The fourth-order valence-corrected chi connectivity index (χ4v) is 4.49. The molecule has 1 aromatic carbocycles. The number of likely N-dealkylation sites (tertiary alicyclic amines) is 1. The van der Waals surface area contributed by atoms with Gasteiger partial charge in [0.2, 0.25) is 0 Å². The minimum Gasteiger partial charge on any atom is -0.497 e. The van der Waals surface area contributed by atoms with Crippen LogP contribution in [0, 0.1) is 0 Å². The Morgan fingerprint density at radius 2 is 2.10 bits per heavy atom. The summed E-state index contributed by atoms with van der Waals surface area (Å²) in [6.45, 7) is 6.05. The zero-order chi connectivity index (χ0) is 20.5. The Balaban J connectivity index is 0.00000320. The highest BCUT2D eigenvalue weighted by atomic mass is 127. The number of aliphatic imine (C=N–C) groups is 1. The van der Waals surface area contributed by atoms with E-state index in [4.69, 9.17) is 4.74 Å². The molecular weight excluding hydrogens is 509 g/mol. The van der Waals surface area contributed by atoms with Crippen molar-refractivity contribution in [3.8, 4) is 5.75 Å². The van der Waals surface area contributed by atoms with Gasteiger partial charge in [0.1, 0.15) is 5.75 Å². The van der Waals surface area contributed by atoms with Crippen LogP contribution in [-0.2, 0) is 12.8 Å². The number of ether oxygens (including phenoxy) is 1. The van der Waals surface area contributed by atoms with Gasteiger partial charge in [0.15, 0.2) is 5.96 Å². The van der Waals surface area contributed by atoms with Crippen molar-refractivity contribution in [1.29, 1.82) is 0 Å². The molecule has 0 spiro atoms. The monoisotopic (exact) mass is 543 g/mol. The third-order valence-corrected chi connectivity index (χ3v) is 6.36. The second-order valence-corrected chi connectivity index (χ2v) is 8.19. The number of hydrogen-bond donors (Lipinski definition) is 2. The molecule has 0 saturated carbocycles. The largest absolute Gasteiger partial charge is 0.497 e. The first-order valence-electron chi connectivity index (χ1n) is 10.5. The summed E-state index contributed by atoms with van der Waals surface area (Å²) in [5.41, 5.74) is 2.44. The first-order chi connectivity index (χ1) is 14.2. The quantitative estimate of drug-likeness (QED) is 0.286. The van der Waals surface area contributed by atoms with E-state index in [2.05, 4.69) is 56.0 Å². The molecule has 3 rings (SSSR count). The second kappa shape index (κ2) is 13.1. The number of nitrogens with one attached hydrogen (secondary N) is 2. The Labute approximate surface area is 201 Å². The van der Waals surface area contributed by atoms with Gasteiger partial charge in [-0.2, -0.15) is 0 Å². The Hall–Kier alpha value is -1.39. The highest BCUT2D eigenvalue weighted by Gasteiger charge is 2.24. The maximum absolute atomic E-state index is 5.44. The van der Waals surface area contributed by atoms with Crippen LogP contribution in [0.3, 0.4) is 0 Å². The van der Waals surface area contributed by atoms with Gasteiger partial charge < -0.3 is 15.4 Å². The maximum Gasteiger partial charge on any atom is 0.191 e. The second-order valence-electron chi connectivity index (χ2n) is 7.25. The van der Waals surface area contributed by atoms with Gasteiger partial charge in [-0.25, -0.2) is 4.98 Å². The summed E-state index contributed by atoms with van der Waals surface area (Å²) in [4.78, 5) is 11.6. The first kappa shape index (κ1) is 24.9. The molecule has 1 unspecified atom stereocenters. The summed E-state index contributed by atoms with van der Waals surface area (Å²) in [5.74, 6) is 1.74. The molecule has 2 aromatic rings. The molecule has 6 nitrogen and oxygen atoms in total. The Morgan fingerprint density at radius 1 is 1.30 bits per heavy atom. The van der Waals surface area contributed by atoms with Crippen LogP contribution in [0.15, 0.2) is 34.6 Å². The number of benzene rings is 1. The van der Waals surface area contributed by atoms with Gasteiger partial charge in [-0.3, -0.25) is 9.89 Å². The van der Waals surface area contributed by atoms with Crippen LogP contribution in [0.4, 0.5) is 0 Å². The van der Waals surface area contributed by atoms with Crippen LogP contribution in [-0.4, -0.2) is 56.2 Å². The van der Waals surface area contributed by atoms with Crippen molar-refractivity contribution in [3.05, 3.63) is 45.9 Å².